The van der Waals surface area contributed by atoms with Gasteiger partial charge in [0, 0.05) is 10.8 Å². The third kappa shape index (κ3) is 4.36. The van der Waals surface area contributed by atoms with Gasteiger partial charge in [0.15, 0.2) is 18.5 Å². The van der Waals surface area contributed by atoms with E-state index in [-0.39, 0.29) is 5.75 Å². The van der Waals surface area contributed by atoms with Gasteiger partial charge in [-0.3, -0.25) is 0 Å². The molecule has 0 N–H and O–H groups in total. The molecule has 2 rings (SSSR count). The van der Waals surface area contributed by atoms with Crippen molar-refractivity contribution in [3.63, 3.8) is 0 Å². The van der Waals surface area contributed by atoms with E-state index in [1.807, 2.05) is 6.26 Å². The predicted octanol–water partition coefficient (Wildman–Crippen LogP) is 3.48. The number of benzene rings is 1. The molecule has 0 saturated carbocycles. The van der Waals surface area contributed by atoms with Crippen molar-refractivity contribution in [1.29, 1.82) is 0 Å². The first-order valence-electron chi connectivity index (χ1n) is 5.50. The molecule has 4 nitrogen and oxygen atoms in total. The zero-order valence-electron chi connectivity index (χ0n) is 10.4. The highest BCUT2D eigenvalue weighted by Crippen LogP contribution is 2.27. The molecule has 9 heteroatoms. The minimum Gasteiger partial charge on any atom is -0.224 e. The molecule has 0 amide bonds. The standard InChI is InChI=1S/C11H11ClN2O2S4/c1-17-10-13-14-11(19-10)18-6-7-20(15,16)9-4-2-8(12)3-5-9/h2-5H,6-7H2,1H3. The molecule has 0 radical (unpaired) electrons. The minimum absolute atomic E-state index is 0.0630. The summed E-state index contributed by atoms with van der Waals surface area (Å²) in [4.78, 5) is 0.296. The molecular formula is C11H11ClN2O2S4. The van der Waals surface area contributed by atoms with Crippen LogP contribution in [0.2, 0.25) is 5.02 Å². The van der Waals surface area contributed by atoms with E-state index in [0.29, 0.717) is 15.7 Å². The zero-order valence-corrected chi connectivity index (χ0v) is 14.5. The van der Waals surface area contributed by atoms with E-state index < -0.39 is 9.84 Å². The van der Waals surface area contributed by atoms with E-state index in [1.54, 1.807) is 12.1 Å². The highest BCUT2D eigenvalue weighted by atomic mass is 35.5. The maximum absolute atomic E-state index is 12.1. The van der Waals surface area contributed by atoms with Gasteiger partial charge in [-0.1, -0.05) is 46.5 Å². The first-order chi connectivity index (χ1) is 9.51. The smallest absolute Gasteiger partial charge is 0.179 e. The molecular weight excluding hydrogens is 356 g/mol. The summed E-state index contributed by atoms with van der Waals surface area (Å²) in [6.45, 7) is 0. The van der Waals surface area contributed by atoms with Crippen LogP contribution in [0.25, 0.3) is 0 Å². The highest BCUT2D eigenvalue weighted by Gasteiger charge is 2.15. The molecule has 0 aliphatic carbocycles. The van der Waals surface area contributed by atoms with E-state index in [2.05, 4.69) is 10.2 Å². The number of halogens is 1. The van der Waals surface area contributed by atoms with Gasteiger partial charge >= 0.3 is 0 Å². The van der Waals surface area contributed by atoms with Gasteiger partial charge in [0.25, 0.3) is 0 Å². The molecule has 0 aliphatic heterocycles. The lowest BCUT2D eigenvalue weighted by Gasteiger charge is -2.03. The summed E-state index contributed by atoms with van der Waals surface area (Å²) in [5.74, 6) is 0.515. The van der Waals surface area contributed by atoms with Gasteiger partial charge in [-0.05, 0) is 30.5 Å². The van der Waals surface area contributed by atoms with Gasteiger partial charge in [-0.25, -0.2) is 8.42 Å². The Kier molecular flexibility index (Phi) is 5.74. The second kappa shape index (κ2) is 7.13. The van der Waals surface area contributed by atoms with Gasteiger partial charge in [-0.15, -0.1) is 10.2 Å². The number of aromatic nitrogens is 2. The summed E-state index contributed by atoms with van der Waals surface area (Å²) in [6, 6.07) is 6.21. The first kappa shape index (κ1) is 16.1. The van der Waals surface area contributed by atoms with Crippen LogP contribution in [-0.2, 0) is 9.84 Å². The Morgan fingerprint density at radius 3 is 2.45 bits per heavy atom. The van der Waals surface area contributed by atoms with Crippen molar-refractivity contribution in [3.8, 4) is 0 Å². The number of hydrogen-bond acceptors (Lipinski definition) is 7. The van der Waals surface area contributed by atoms with Crippen LogP contribution in [0.5, 0.6) is 0 Å². The van der Waals surface area contributed by atoms with Crippen molar-refractivity contribution in [2.75, 3.05) is 17.8 Å². The van der Waals surface area contributed by atoms with Gasteiger partial charge in [-0.2, -0.15) is 0 Å². The summed E-state index contributed by atoms with van der Waals surface area (Å²) < 4.78 is 25.9. The van der Waals surface area contributed by atoms with Crippen LogP contribution in [0.1, 0.15) is 0 Å². The van der Waals surface area contributed by atoms with Crippen LogP contribution in [0, 0.1) is 0 Å². The molecule has 108 valence electrons. The van der Waals surface area contributed by atoms with Gasteiger partial charge in [0.05, 0.1) is 10.6 Å². The van der Waals surface area contributed by atoms with E-state index in [0.717, 1.165) is 8.68 Å². The average Bonchev–Trinajstić information content (AvgIpc) is 2.87. The van der Waals surface area contributed by atoms with E-state index in [4.69, 9.17) is 11.6 Å². The summed E-state index contributed by atoms with van der Waals surface area (Å²) in [7, 11) is -3.27. The summed E-state index contributed by atoms with van der Waals surface area (Å²) >= 11 is 10.2. The average molecular weight is 367 g/mol. The number of thioether (sulfide) groups is 2. The fourth-order valence-electron chi connectivity index (χ4n) is 1.34. The Labute approximate surface area is 135 Å². The fraction of sp³-hybridized carbons (Fsp3) is 0.273. The highest BCUT2D eigenvalue weighted by molar-refractivity contribution is 8.03. The van der Waals surface area contributed by atoms with Gasteiger partial charge in [0.1, 0.15) is 0 Å². The molecule has 1 aromatic heterocycles. The SMILES string of the molecule is CSc1nnc(SCCS(=O)(=O)c2ccc(Cl)cc2)s1. The van der Waals surface area contributed by atoms with Crippen molar-refractivity contribution >= 4 is 56.3 Å². The molecule has 0 spiro atoms. The molecule has 0 atom stereocenters. The largest absolute Gasteiger partial charge is 0.224 e. The van der Waals surface area contributed by atoms with E-state index in [1.165, 1.54) is 47.0 Å². The molecule has 20 heavy (non-hydrogen) atoms. The Morgan fingerprint density at radius 1 is 1.20 bits per heavy atom. The topological polar surface area (TPSA) is 59.9 Å². The number of hydrogen-bond donors (Lipinski definition) is 0. The van der Waals surface area contributed by atoms with Crippen molar-refractivity contribution in [2.24, 2.45) is 0 Å². The third-order valence-corrected chi connectivity index (χ3v) is 7.59. The van der Waals surface area contributed by atoms with Crippen molar-refractivity contribution in [1.82, 2.24) is 10.2 Å². The Bertz CT molecular complexity index is 670. The van der Waals surface area contributed by atoms with Crippen LogP contribution < -0.4 is 0 Å². The van der Waals surface area contributed by atoms with Crippen molar-refractivity contribution in [2.45, 2.75) is 13.6 Å². The summed E-state index contributed by atoms with van der Waals surface area (Å²) in [6.07, 6.45) is 1.93. The van der Waals surface area contributed by atoms with Gasteiger partial charge < -0.3 is 0 Å². The quantitative estimate of drug-likeness (QED) is 0.729. The normalized spacial score (nSPS) is 11.7. The molecule has 0 bridgehead atoms. The van der Waals surface area contributed by atoms with Gasteiger partial charge in [0.2, 0.25) is 0 Å². The van der Waals surface area contributed by atoms with Crippen LogP contribution >= 0.6 is 46.5 Å². The Morgan fingerprint density at radius 2 is 1.85 bits per heavy atom. The lowest BCUT2D eigenvalue weighted by molar-refractivity contribution is 0.597. The molecule has 1 aromatic carbocycles. The number of rotatable bonds is 6. The Balaban J connectivity index is 1.94. The van der Waals surface area contributed by atoms with Crippen molar-refractivity contribution < 1.29 is 8.42 Å². The molecule has 0 saturated heterocycles. The predicted molar refractivity (Wildman–Crippen MR) is 85.9 cm³/mol. The second-order valence-corrected chi connectivity index (χ2v) is 9.58. The maximum Gasteiger partial charge on any atom is 0.179 e. The first-order valence-corrected chi connectivity index (χ1v) is 10.6. The van der Waals surface area contributed by atoms with Crippen LogP contribution in [0.4, 0.5) is 0 Å². The van der Waals surface area contributed by atoms with Crippen LogP contribution in [0.3, 0.4) is 0 Å². The molecule has 0 fully saturated rings. The monoisotopic (exact) mass is 366 g/mol. The second-order valence-electron chi connectivity index (χ2n) is 3.66. The summed E-state index contributed by atoms with van der Waals surface area (Å²) in [5.41, 5.74) is 0. The van der Waals surface area contributed by atoms with Crippen molar-refractivity contribution in [3.05, 3.63) is 29.3 Å². The van der Waals surface area contributed by atoms with E-state index in [9.17, 15) is 8.42 Å². The minimum atomic E-state index is -3.27. The fourth-order valence-corrected chi connectivity index (χ4v) is 5.62. The van der Waals surface area contributed by atoms with E-state index >= 15 is 0 Å². The van der Waals surface area contributed by atoms with Crippen LogP contribution in [0.15, 0.2) is 37.8 Å². The molecule has 0 unspecified atom stereocenters. The zero-order chi connectivity index (χ0) is 14.6. The Hall–Kier alpha value is -0.280. The lowest BCUT2D eigenvalue weighted by atomic mass is 10.4. The molecule has 0 aliphatic rings. The van der Waals surface area contributed by atoms with Crippen LogP contribution in [-0.4, -0.2) is 36.4 Å². The molecule has 2 aromatic rings. The number of sulfone groups is 1. The lowest BCUT2D eigenvalue weighted by Crippen LogP contribution is -2.08. The molecule has 1 heterocycles. The third-order valence-electron chi connectivity index (χ3n) is 2.31. The number of nitrogens with zero attached hydrogens (tertiary/aromatic N) is 2. The maximum atomic E-state index is 12.1. The summed E-state index contributed by atoms with van der Waals surface area (Å²) in [5, 5.41) is 8.48.